The van der Waals surface area contributed by atoms with Gasteiger partial charge in [0.05, 0.1) is 0 Å². The number of amides is 2. The third kappa shape index (κ3) is 6.45. The summed E-state index contributed by atoms with van der Waals surface area (Å²) in [5, 5.41) is 6.10. The highest BCUT2D eigenvalue weighted by molar-refractivity contribution is 6.35. The SMILES string of the molecule is CCCCNC(=O)CC(=O)Nc1cc(Cl)cc(Cl)c1. The molecule has 0 aromatic heterocycles. The van der Waals surface area contributed by atoms with Gasteiger partial charge >= 0.3 is 0 Å². The number of hydrogen-bond acceptors (Lipinski definition) is 2. The lowest BCUT2D eigenvalue weighted by molar-refractivity contribution is -0.126. The maximum absolute atomic E-state index is 11.6. The average molecular weight is 303 g/mol. The van der Waals surface area contributed by atoms with Crippen molar-refractivity contribution in [3.05, 3.63) is 28.2 Å². The van der Waals surface area contributed by atoms with Crippen molar-refractivity contribution in [2.45, 2.75) is 26.2 Å². The number of carbonyl (C=O) groups is 2. The quantitative estimate of drug-likeness (QED) is 0.626. The minimum Gasteiger partial charge on any atom is -0.356 e. The van der Waals surface area contributed by atoms with E-state index in [2.05, 4.69) is 10.6 Å². The molecule has 2 amide bonds. The van der Waals surface area contributed by atoms with Crippen molar-refractivity contribution < 1.29 is 9.59 Å². The summed E-state index contributed by atoms with van der Waals surface area (Å²) in [6.07, 6.45) is 1.68. The van der Waals surface area contributed by atoms with Gasteiger partial charge in [0, 0.05) is 22.3 Å². The van der Waals surface area contributed by atoms with Gasteiger partial charge in [0.1, 0.15) is 6.42 Å². The summed E-state index contributed by atoms with van der Waals surface area (Å²) in [5.74, 6) is -0.689. The molecule has 0 radical (unpaired) electrons. The van der Waals surface area contributed by atoms with E-state index in [1.165, 1.54) is 0 Å². The maximum Gasteiger partial charge on any atom is 0.233 e. The van der Waals surface area contributed by atoms with Gasteiger partial charge in [-0.05, 0) is 24.6 Å². The summed E-state index contributed by atoms with van der Waals surface area (Å²) < 4.78 is 0. The van der Waals surface area contributed by atoms with Crippen molar-refractivity contribution in [2.75, 3.05) is 11.9 Å². The summed E-state index contributed by atoms with van der Waals surface area (Å²) in [4.78, 5) is 23.0. The van der Waals surface area contributed by atoms with Crippen LogP contribution in [0.4, 0.5) is 5.69 Å². The maximum atomic E-state index is 11.6. The Bertz CT molecular complexity index is 444. The molecule has 1 aromatic carbocycles. The molecule has 4 nitrogen and oxygen atoms in total. The lowest BCUT2D eigenvalue weighted by atomic mass is 10.3. The average Bonchev–Trinajstić information content (AvgIpc) is 2.27. The normalized spacial score (nSPS) is 10.1. The van der Waals surface area contributed by atoms with Gasteiger partial charge in [-0.2, -0.15) is 0 Å². The number of rotatable bonds is 6. The molecule has 0 saturated heterocycles. The second kappa shape index (κ2) is 8.02. The first kappa shape index (κ1) is 15.8. The molecule has 0 fully saturated rings. The summed E-state index contributed by atoms with van der Waals surface area (Å²) in [7, 11) is 0. The smallest absolute Gasteiger partial charge is 0.233 e. The van der Waals surface area contributed by atoms with E-state index in [-0.39, 0.29) is 12.3 Å². The van der Waals surface area contributed by atoms with Gasteiger partial charge in [-0.3, -0.25) is 9.59 Å². The van der Waals surface area contributed by atoms with E-state index in [1.54, 1.807) is 18.2 Å². The van der Waals surface area contributed by atoms with Crippen molar-refractivity contribution in [3.63, 3.8) is 0 Å². The second-order valence-corrected chi connectivity index (χ2v) is 4.96. The van der Waals surface area contributed by atoms with Crippen LogP contribution in [0.1, 0.15) is 26.2 Å². The molecule has 0 heterocycles. The molecule has 0 aliphatic heterocycles. The van der Waals surface area contributed by atoms with E-state index in [4.69, 9.17) is 23.2 Å². The fraction of sp³-hybridized carbons (Fsp3) is 0.385. The van der Waals surface area contributed by atoms with E-state index in [9.17, 15) is 9.59 Å². The summed E-state index contributed by atoms with van der Waals surface area (Å²) in [6, 6.07) is 4.71. The van der Waals surface area contributed by atoms with Gasteiger partial charge in [0.15, 0.2) is 0 Å². The number of nitrogens with one attached hydrogen (secondary N) is 2. The molecule has 6 heteroatoms. The zero-order chi connectivity index (χ0) is 14.3. The van der Waals surface area contributed by atoms with Gasteiger partial charge in [-0.25, -0.2) is 0 Å². The predicted molar refractivity (Wildman–Crippen MR) is 77.6 cm³/mol. The lowest BCUT2D eigenvalue weighted by Crippen LogP contribution is -2.28. The molecule has 0 bridgehead atoms. The second-order valence-electron chi connectivity index (χ2n) is 4.09. The van der Waals surface area contributed by atoms with E-state index >= 15 is 0 Å². The van der Waals surface area contributed by atoms with Crippen LogP contribution in [0, 0.1) is 0 Å². The molecule has 0 aliphatic rings. The van der Waals surface area contributed by atoms with Gasteiger partial charge < -0.3 is 10.6 Å². The van der Waals surface area contributed by atoms with Crippen molar-refractivity contribution in [1.82, 2.24) is 5.32 Å². The minimum absolute atomic E-state index is 0.214. The Hall–Kier alpha value is -1.26. The van der Waals surface area contributed by atoms with E-state index in [0.29, 0.717) is 22.3 Å². The molecule has 0 spiro atoms. The van der Waals surface area contributed by atoms with Crippen LogP contribution in [0.5, 0.6) is 0 Å². The molecule has 0 unspecified atom stereocenters. The molecule has 0 atom stereocenters. The van der Waals surface area contributed by atoms with Crippen LogP contribution in [0.3, 0.4) is 0 Å². The fourth-order valence-corrected chi connectivity index (χ4v) is 1.97. The standard InChI is InChI=1S/C13H16Cl2N2O2/c1-2-3-4-16-12(18)8-13(19)17-11-6-9(14)5-10(15)7-11/h5-7H,2-4,8H2,1H3,(H,16,18)(H,17,19). The largest absolute Gasteiger partial charge is 0.356 e. The number of halogens is 2. The Labute approximate surface area is 122 Å². The summed E-state index contributed by atoms with van der Waals surface area (Å²) in [6.45, 7) is 2.62. The Morgan fingerprint density at radius 2 is 1.74 bits per heavy atom. The van der Waals surface area contributed by atoms with Crippen LogP contribution in [0.15, 0.2) is 18.2 Å². The topological polar surface area (TPSA) is 58.2 Å². The van der Waals surface area contributed by atoms with Crippen LogP contribution < -0.4 is 10.6 Å². The molecule has 0 saturated carbocycles. The fourth-order valence-electron chi connectivity index (χ4n) is 1.44. The third-order valence-corrected chi connectivity index (χ3v) is 2.76. The Balaban J connectivity index is 2.44. The summed E-state index contributed by atoms with van der Waals surface area (Å²) >= 11 is 11.6. The van der Waals surface area contributed by atoms with Crippen molar-refractivity contribution >= 4 is 40.7 Å². The van der Waals surface area contributed by atoms with Gasteiger partial charge in [-0.15, -0.1) is 0 Å². The molecule has 0 aliphatic carbocycles. The van der Waals surface area contributed by atoms with Crippen molar-refractivity contribution in [2.24, 2.45) is 0 Å². The number of benzene rings is 1. The Morgan fingerprint density at radius 1 is 1.11 bits per heavy atom. The molecular formula is C13H16Cl2N2O2. The van der Waals surface area contributed by atoms with Crippen molar-refractivity contribution in [3.8, 4) is 0 Å². The molecule has 104 valence electrons. The Morgan fingerprint density at radius 3 is 2.32 bits per heavy atom. The van der Waals surface area contributed by atoms with Crippen LogP contribution in [0.25, 0.3) is 0 Å². The molecular weight excluding hydrogens is 287 g/mol. The lowest BCUT2D eigenvalue weighted by Gasteiger charge is -2.07. The highest BCUT2D eigenvalue weighted by Gasteiger charge is 2.09. The highest BCUT2D eigenvalue weighted by Crippen LogP contribution is 2.22. The predicted octanol–water partition coefficient (Wildman–Crippen LogP) is 3.24. The first-order valence-corrected chi connectivity index (χ1v) is 6.79. The van der Waals surface area contributed by atoms with Crippen LogP contribution in [-0.2, 0) is 9.59 Å². The number of anilines is 1. The minimum atomic E-state index is -0.396. The zero-order valence-corrected chi connectivity index (χ0v) is 12.1. The highest BCUT2D eigenvalue weighted by atomic mass is 35.5. The summed E-state index contributed by atoms with van der Waals surface area (Å²) in [5.41, 5.74) is 0.476. The van der Waals surface area contributed by atoms with Gasteiger partial charge in [0.25, 0.3) is 0 Å². The molecule has 1 rings (SSSR count). The van der Waals surface area contributed by atoms with E-state index < -0.39 is 5.91 Å². The molecule has 2 N–H and O–H groups in total. The third-order valence-electron chi connectivity index (χ3n) is 2.32. The monoisotopic (exact) mass is 302 g/mol. The van der Waals surface area contributed by atoms with Crippen LogP contribution >= 0.6 is 23.2 Å². The number of hydrogen-bond donors (Lipinski definition) is 2. The van der Waals surface area contributed by atoms with Gasteiger partial charge in [-0.1, -0.05) is 36.5 Å². The Kier molecular flexibility index (Phi) is 6.67. The van der Waals surface area contributed by atoms with Gasteiger partial charge in [0.2, 0.25) is 11.8 Å². The zero-order valence-electron chi connectivity index (χ0n) is 10.6. The van der Waals surface area contributed by atoms with Crippen LogP contribution in [0.2, 0.25) is 10.0 Å². The van der Waals surface area contributed by atoms with E-state index in [0.717, 1.165) is 12.8 Å². The van der Waals surface area contributed by atoms with E-state index in [1.807, 2.05) is 6.92 Å². The molecule has 19 heavy (non-hydrogen) atoms. The first-order chi connectivity index (χ1) is 9.01. The molecule has 1 aromatic rings. The first-order valence-electron chi connectivity index (χ1n) is 6.04. The number of carbonyl (C=O) groups excluding carboxylic acids is 2. The number of unbranched alkanes of at least 4 members (excludes halogenated alkanes) is 1. The van der Waals surface area contributed by atoms with Crippen LogP contribution in [-0.4, -0.2) is 18.4 Å². The van der Waals surface area contributed by atoms with Crippen molar-refractivity contribution in [1.29, 1.82) is 0 Å².